The third kappa shape index (κ3) is 3.26. The van der Waals surface area contributed by atoms with Crippen LogP contribution in [0.4, 0.5) is 0 Å². The van der Waals surface area contributed by atoms with Crippen molar-refractivity contribution in [3.63, 3.8) is 0 Å². The van der Waals surface area contributed by atoms with E-state index in [9.17, 15) is 9.90 Å². The topological polar surface area (TPSA) is 71.7 Å². The Labute approximate surface area is 139 Å². The lowest BCUT2D eigenvalue weighted by Crippen LogP contribution is -2.15. The fourth-order valence-corrected chi connectivity index (χ4v) is 2.65. The summed E-state index contributed by atoms with van der Waals surface area (Å²) in [7, 11) is 0. The first-order valence-corrected chi connectivity index (χ1v) is 7.85. The minimum atomic E-state index is -0.524. The third-order valence-corrected chi connectivity index (χ3v) is 3.73. The molecule has 0 saturated heterocycles. The van der Waals surface area contributed by atoms with Gasteiger partial charge < -0.3 is 19.6 Å². The highest BCUT2D eigenvalue weighted by atomic mass is 16.5. The fraction of sp³-hybridized carbons (Fsp3) is 0.211. The molecule has 5 heteroatoms. The summed E-state index contributed by atoms with van der Waals surface area (Å²) >= 11 is 0. The Balaban J connectivity index is 1.89. The summed E-state index contributed by atoms with van der Waals surface area (Å²) in [6.07, 6.45) is 0. The largest absolute Gasteiger partial charge is 0.507 e. The van der Waals surface area contributed by atoms with Crippen molar-refractivity contribution in [1.82, 2.24) is 5.32 Å². The molecule has 0 aliphatic carbocycles. The molecule has 3 aromatic rings. The lowest BCUT2D eigenvalue weighted by molar-refractivity contribution is 0.0490. The Bertz CT molecular complexity index is 839. The van der Waals surface area contributed by atoms with E-state index >= 15 is 0 Å². The van der Waals surface area contributed by atoms with Crippen molar-refractivity contribution in [2.75, 3.05) is 6.61 Å². The van der Waals surface area contributed by atoms with E-state index in [2.05, 4.69) is 5.32 Å². The van der Waals surface area contributed by atoms with Crippen LogP contribution in [0.5, 0.6) is 5.75 Å². The summed E-state index contributed by atoms with van der Waals surface area (Å²) in [6, 6.07) is 14.9. The number of phenols is 1. The average molecular weight is 325 g/mol. The van der Waals surface area contributed by atoms with Crippen molar-refractivity contribution in [1.29, 1.82) is 0 Å². The minimum Gasteiger partial charge on any atom is -0.507 e. The number of hydrogen-bond donors (Lipinski definition) is 2. The van der Waals surface area contributed by atoms with Crippen molar-refractivity contribution in [2.24, 2.45) is 0 Å². The second kappa shape index (κ2) is 7.19. The smallest absolute Gasteiger partial charge is 0.374 e. The Morgan fingerprint density at radius 2 is 1.92 bits per heavy atom. The maximum atomic E-state index is 12.2. The summed E-state index contributed by atoms with van der Waals surface area (Å²) < 4.78 is 10.7. The van der Waals surface area contributed by atoms with Crippen LogP contribution in [-0.2, 0) is 17.8 Å². The van der Waals surface area contributed by atoms with Gasteiger partial charge in [-0.3, -0.25) is 0 Å². The summed E-state index contributed by atoms with van der Waals surface area (Å²) in [5.41, 5.74) is 2.21. The van der Waals surface area contributed by atoms with Gasteiger partial charge in [-0.2, -0.15) is 0 Å². The molecule has 24 heavy (non-hydrogen) atoms. The summed E-state index contributed by atoms with van der Waals surface area (Å²) in [6.45, 7) is 3.03. The second-order valence-electron chi connectivity index (χ2n) is 5.37. The van der Waals surface area contributed by atoms with E-state index in [0.29, 0.717) is 29.6 Å². The molecule has 1 heterocycles. The van der Waals surface area contributed by atoms with E-state index in [1.54, 1.807) is 25.1 Å². The maximum Gasteiger partial charge on any atom is 0.374 e. The van der Waals surface area contributed by atoms with E-state index < -0.39 is 5.97 Å². The molecule has 0 amide bonds. The first kappa shape index (κ1) is 16.1. The number of benzene rings is 2. The van der Waals surface area contributed by atoms with Crippen LogP contribution in [0, 0.1) is 0 Å². The van der Waals surface area contributed by atoms with Gasteiger partial charge in [-0.25, -0.2) is 4.79 Å². The van der Waals surface area contributed by atoms with Crippen molar-refractivity contribution in [2.45, 2.75) is 20.0 Å². The van der Waals surface area contributed by atoms with E-state index in [0.717, 1.165) is 5.56 Å². The third-order valence-electron chi connectivity index (χ3n) is 3.73. The molecule has 2 aromatic carbocycles. The average Bonchev–Trinajstić information content (AvgIpc) is 2.96. The predicted molar refractivity (Wildman–Crippen MR) is 90.8 cm³/mol. The molecule has 0 fully saturated rings. The van der Waals surface area contributed by atoms with Gasteiger partial charge in [0.2, 0.25) is 5.76 Å². The van der Waals surface area contributed by atoms with E-state index in [-0.39, 0.29) is 18.1 Å². The molecule has 0 atom stereocenters. The number of nitrogens with one attached hydrogen (secondary N) is 1. The molecule has 0 radical (unpaired) electrons. The molecule has 1 aromatic heterocycles. The zero-order chi connectivity index (χ0) is 16.9. The lowest BCUT2D eigenvalue weighted by Gasteiger charge is -2.06. The molecule has 0 spiro atoms. The highest BCUT2D eigenvalue weighted by Gasteiger charge is 2.23. The van der Waals surface area contributed by atoms with Gasteiger partial charge in [0.25, 0.3) is 0 Å². The van der Waals surface area contributed by atoms with Crippen LogP contribution >= 0.6 is 0 Å². The first-order valence-electron chi connectivity index (χ1n) is 7.85. The number of aromatic hydroxyl groups is 1. The number of furan rings is 1. The molecular weight excluding hydrogens is 306 g/mol. The predicted octanol–water partition coefficient (Wildman–Crippen LogP) is 3.60. The van der Waals surface area contributed by atoms with Crippen LogP contribution in [0.1, 0.15) is 28.6 Å². The van der Waals surface area contributed by atoms with Crippen LogP contribution in [0.15, 0.2) is 52.9 Å². The molecule has 124 valence electrons. The summed E-state index contributed by atoms with van der Waals surface area (Å²) in [5.74, 6) is -0.304. The van der Waals surface area contributed by atoms with Crippen LogP contribution in [-0.4, -0.2) is 17.7 Å². The number of phenolic OH excluding ortho intramolecular Hbond substituents is 1. The molecule has 0 unspecified atom stereocenters. The van der Waals surface area contributed by atoms with E-state index in [4.69, 9.17) is 9.15 Å². The van der Waals surface area contributed by atoms with Gasteiger partial charge in [0.05, 0.1) is 12.0 Å². The molecule has 2 N–H and O–H groups in total. The molecule has 0 aliphatic heterocycles. The molecule has 0 aliphatic rings. The molecule has 0 bridgehead atoms. The Kier molecular flexibility index (Phi) is 4.82. The minimum absolute atomic E-state index is 0.0864. The Morgan fingerprint density at radius 3 is 2.67 bits per heavy atom. The van der Waals surface area contributed by atoms with Crippen molar-refractivity contribution < 1.29 is 19.1 Å². The van der Waals surface area contributed by atoms with Crippen molar-refractivity contribution in [3.8, 4) is 5.75 Å². The number of fused-ring (bicyclic) bond motifs is 1. The van der Waals surface area contributed by atoms with E-state index in [1.165, 1.54) is 0 Å². The quantitative estimate of drug-likeness (QED) is 0.678. The number of esters is 1. The van der Waals surface area contributed by atoms with Gasteiger partial charge in [-0.05, 0) is 24.6 Å². The molecule has 5 nitrogen and oxygen atoms in total. The normalized spacial score (nSPS) is 10.9. The number of carbonyl (C=O) groups excluding carboxylic acids is 1. The zero-order valence-corrected chi connectivity index (χ0v) is 13.4. The van der Waals surface area contributed by atoms with Crippen LogP contribution in [0.2, 0.25) is 0 Å². The van der Waals surface area contributed by atoms with Gasteiger partial charge >= 0.3 is 5.97 Å². The second-order valence-corrected chi connectivity index (χ2v) is 5.37. The van der Waals surface area contributed by atoms with Gasteiger partial charge in [0, 0.05) is 18.7 Å². The summed E-state index contributed by atoms with van der Waals surface area (Å²) in [4.78, 5) is 12.2. The standard InChI is InChI=1S/C19H19NO4/c1-2-23-19(22)18-14(12-20-11-13-7-4-3-5-8-13)17-15(21)9-6-10-16(17)24-18/h3-10,20-21H,2,11-12H2,1H3. The Hall–Kier alpha value is -2.79. The number of ether oxygens (including phenoxy) is 1. The van der Waals surface area contributed by atoms with Crippen LogP contribution in [0.25, 0.3) is 11.0 Å². The molecular formula is C19H19NO4. The monoisotopic (exact) mass is 325 g/mol. The fourth-order valence-electron chi connectivity index (χ4n) is 2.65. The van der Waals surface area contributed by atoms with Crippen molar-refractivity contribution in [3.05, 3.63) is 65.4 Å². The number of rotatable bonds is 6. The zero-order valence-electron chi connectivity index (χ0n) is 13.4. The number of carbonyl (C=O) groups is 1. The van der Waals surface area contributed by atoms with E-state index in [1.807, 2.05) is 30.3 Å². The van der Waals surface area contributed by atoms with Gasteiger partial charge in [0.1, 0.15) is 11.3 Å². The van der Waals surface area contributed by atoms with Gasteiger partial charge in [-0.1, -0.05) is 36.4 Å². The Morgan fingerprint density at radius 1 is 1.12 bits per heavy atom. The maximum absolute atomic E-state index is 12.2. The van der Waals surface area contributed by atoms with Crippen LogP contribution < -0.4 is 5.32 Å². The first-order chi connectivity index (χ1) is 11.7. The lowest BCUT2D eigenvalue weighted by atomic mass is 10.1. The molecule has 0 saturated carbocycles. The summed E-state index contributed by atoms with van der Waals surface area (Å²) in [5, 5.41) is 14.0. The molecule has 3 rings (SSSR count). The van der Waals surface area contributed by atoms with Gasteiger partial charge in [0.15, 0.2) is 0 Å². The van der Waals surface area contributed by atoms with Crippen molar-refractivity contribution >= 4 is 16.9 Å². The SMILES string of the molecule is CCOC(=O)c1oc2cccc(O)c2c1CNCc1ccccc1. The van der Waals surface area contributed by atoms with Gasteiger partial charge in [-0.15, -0.1) is 0 Å². The highest BCUT2D eigenvalue weighted by Crippen LogP contribution is 2.33. The number of hydrogen-bond acceptors (Lipinski definition) is 5. The highest BCUT2D eigenvalue weighted by molar-refractivity contribution is 5.98. The van der Waals surface area contributed by atoms with Crippen LogP contribution in [0.3, 0.4) is 0 Å².